The molecule has 3 rings (SSSR count). The lowest BCUT2D eigenvalue weighted by Gasteiger charge is -2.18. The molecule has 2 amide bonds. The first-order valence-electron chi connectivity index (χ1n) is 8.94. The molecule has 0 bridgehead atoms. The van der Waals surface area contributed by atoms with E-state index < -0.39 is 21.7 Å². The number of methoxy groups -OCH3 is 1. The molecule has 1 heterocycles. The highest BCUT2D eigenvalue weighted by Crippen LogP contribution is 2.33. The van der Waals surface area contributed by atoms with Crippen LogP contribution >= 0.6 is 11.8 Å². The van der Waals surface area contributed by atoms with Gasteiger partial charge in [0.25, 0.3) is 0 Å². The Morgan fingerprint density at radius 1 is 1.28 bits per heavy atom. The molecule has 29 heavy (non-hydrogen) atoms. The number of aryl methyl sites for hydroxylation is 1. The fourth-order valence-corrected chi connectivity index (χ4v) is 5.30. The van der Waals surface area contributed by atoms with Crippen molar-refractivity contribution in [1.82, 2.24) is 0 Å². The first-order chi connectivity index (χ1) is 13.7. The minimum absolute atomic E-state index is 0.0758. The molecule has 0 spiro atoms. The van der Waals surface area contributed by atoms with Crippen molar-refractivity contribution in [2.75, 3.05) is 29.2 Å². The van der Waals surface area contributed by atoms with Crippen LogP contribution in [-0.4, -0.2) is 38.8 Å². The van der Waals surface area contributed by atoms with Gasteiger partial charge in [-0.25, -0.2) is 8.42 Å². The van der Waals surface area contributed by atoms with Gasteiger partial charge in [0, 0.05) is 10.8 Å². The average molecular weight is 435 g/mol. The van der Waals surface area contributed by atoms with E-state index in [1.807, 2.05) is 13.0 Å². The van der Waals surface area contributed by atoms with Crippen molar-refractivity contribution in [3.8, 4) is 5.75 Å². The molecule has 0 aliphatic carbocycles. The SMILES string of the molecule is COc1ccc(C)cc1NC(=O)C(C)CS(=O)(=O)c1ccc2c(c1)NC(=O)CS2. The molecule has 9 heteroatoms. The van der Waals surface area contributed by atoms with E-state index in [0.29, 0.717) is 22.9 Å². The van der Waals surface area contributed by atoms with Crippen LogP contribution in [0.5, 0.6) is 5.75 Å². The van der Waals surface area contributed by atoms with Crippen LogP contribution in [0.1, 0.15) is 12.5 Å². The van der Waals surface area contributed by atoms with Crippen LogP contribution in [0.4, 0.5) is 11.4 Å². The molecule has 0 saturated heterocycles. The van der Waals surface area contributed by atoms with Gasteiger partial charge in [0.1, 0.15) is 5.75 Å². The molecule has 1 unspecified atom stereocenters. The first kappa shape index (κ1) is 21.2. The van der Waals surface area contributed by atoms with E-state index in [9.17, 15) is 18.0 Å². The highest BCUT2D eigenvalue weighted by Gasteiger charge is 2.26. The number of rotatable bonds is 6. The Morgan fingerprint density at radius 2 is 2.03 bits per heavy atom. The largest absolute Gasteiger partial charge is 0.495 e. The molecule has 0 aromatic heterocycles. The molecule has 0 radical (unpaired) electrons. The quantitative estimate of drug-likeness (QED) is 0.724. The third-order valence-electron chi connectivity index (χ3n) is 4.47. The number of nitrogens with one attached hydrogen (secondary N) is 2. The molecular formula is C20H22N2O5S2. The van der Waals surface area contributed by atoms with Gasteiger partial charge in [0.05, 0.1) is 34.9 Å². The van der Waals surface area contributed by atoms with Gasteiger partial charge in [-0.2, -0.15) is 0 Å². The number of ether oxygens (including phenoxy) is 1. The number of sulfone groups is 1. The summed E-state index contributed by atoms with van der Waals surface area (Å²) in [7, 11) is -2.22. The second-order valence-corrected chi connectivity index (χ2v) is 9.92. The second-order valence-electron chi connectivity index (χ2n) is 6.87. The Bertz CT molecular complexity index is 1070. The molecule has 2 N–H and O–H groups in total. The first-order valence-corrected chi connectivity index (χ1v) is 11.6. The summed E-state index contributed by atoms with van der Waals surface area (Å²) >= 11 is 1.36. The maximum absolute atomic E-state index is 12.8. The number of fused-ring (bicyclic) bond motifs is 1. The number of amides is 2. The van der Waals surface area contributed by atoms with Crippen molar-refractivity contribution in [2.45, 2.75) is 23.6 Å². The van der Waals surface area contributed by atoms with Crippen LogP contribution in [0.25, 0.3) is 0 Å². The summed E-state index contributed by atoms with van der Waals surface area (Å²) in [6, 6.07) is 9.99. The number of carbonyl (C=O) groups excluding carboxylic acids is 2. The Kier molecular flexibility index (Phi) is 6.18. The lowest BCUT2D eigenvalue weighted by atomic mass is 10.1. The second kappa shape index (κ2) is 8.46. The third kappa shape index (κ3) is 4.91. The number of anilines is 2. The number of hydrogen-bond acceptors (Lipinski definition) is 6. The Morgan fingerprint density at radius 3 is 2.76 bits per heavy atom. The topological polar surface area (TPSA) is 102 Å². The highest BCUT2D eigenvalue weighted by atomic mass is 32.2. The number of carbonyl (C=O) groups is 2. The Labute approximate surface area is 174 Å². The predicted octanol–water partition coefficient (Wildman–Crippen LogP) is 3.10. The lowest BCUT2D eigenvalue weighted by molar-refractivity contribution is -0.118. The Balaban J connectivity index is 1.75. The standard InChI is InChI=1S/C20H22N2O5S2/c1-12-4-6-17(27-3)15(8-12)22-20(24)13(2)11-29(25,26)14-5-7-18-16(9-14)21-19(23)10-28-18/h4-9,13H,10-11H2,1-3H3,(H,21,23)(H,22,24). The van der Waals surface area contributed by atoms with E-state index in [4.69, 9.17) is 4.74 Å². The molecule has 1 aliphatic rings. The van der Waals surface area contributed by atoms with Crippen molar-refractivity contribution >= 4 is 44.8 Å². The Hall–Kier alpha value is -2.52. The van der Waals surface area contributed by atoms with Gasteiger partial charge in [0.2, 0.25) is 11.8 Å². The third-order valence-corrected chi connectivity index (χ3v) is 7.46. The van der Waals surface area contributed by atoms with E-state index in [-0.39, 0.29) is 16.6 Å². The van der Waals surface area contributed by atoms with E-state index in [1.54, 1.807) is 25.1 Å². The fourth-order valence-electron chi connectivity index (χ4n) is 2.93. The van der Waals surface area contributed by atoms with E-state index >= 15 is 0 Å². The summed E-state index contributed by atoms with van der Waals surface area (Å²) in [6.45, 7) is 3.45. The summed E-state index contributed by atoms with van der Waals surface area (Å²) in [6.07, 6.45) is 0. The van der Waals surface area contributed by atoms with Crippen molar-refractivity contribution in [3.05, 3.63) is 42.0 Å². The lowest BCUT2D eigenvalue weighted by Crippen LogP contribution is -2.27. The summed E-state index contributed by atoms with van der Waals surface area (Å²) in [5.74, 6) is -0.922. The zero-order chi connectivity index (χ0) is 21.2. The van der Waals surface area contributed by atoms with Gasteiger partial charge >= 0.3 is 0 Å². The summed E-state index contributed by atoms with van der Waals surface area (Å²) in [5.41, 5.74) is 1.92. The average Bonchev–Trinajstić information content (AvgIpc) is 2.67. The van der Waals surface area contributed by atoms with Crippen LogP contribution in [0.15, 0.2) is 46.2 Å². The maximum atomic E-state index is 12.8. The highest BCUT2D eigenvalue weighted by molar-refractivity contribution is 8.00. The van der Waals surface area contributed by atoms with Crippen LogP contribution in [0.2, 0.25) is 0 Å². The van der Waals surface area contributed by atoms with Crippen LogP contribution in [0, 0.1) is 12.8 Å². The van der Waals surface area contributed by atoms with Crippen LogP contribution in [0.3, 0.4) is 0 Å². The number of thioether (sulfide) groups is 1. The zero-order valence-corrected chi connectivity index (χ0v) is 17.9. The van der Waals surface area contributed by atoms with Crippen LogP contribution < -0.4 is 15.4 Å². The summed E-state index contributed by atoms with van der Waals surface area (Å²) < 4.78 is 30.9. The molecular weight excluding hydrogens is 412 g/mol. The number of benzene rings is 2. The molecule has 154 valence electrons. The van der Waals surface area contributed by atoms with Gasteiger partial charge in [-0.05, 0) is 42.8 Å². The van der Waals surface area contributed by atoms with Gasteiger partial charge < -0.3 is 15.4 Å². The summed E-state index contributed by atoms with van der Waals surface area (Å²) in [4.78, 5) is 25.0. The van der Waals surface area contributed by atoms with E-state index in [1.165, 1.54) is 31.0 Å². The van der Waals surface area contributed by atoms with Gasteiger partial charge in [-0.3, -0.25) is 9.59 Å². The van der Waals surface area contributed by atoms with Crippen molar-refractivity contribution in [1.29, 1.82) is 0 Å². The number of hydrogen-bond donors (Lipinski definition) is 2. The predicted molar refractivity (Wildman–Crippen MR) is 113 cm³/mol. The van der Waals surface area contributed by atoms with E-state index in [0.717, 1.165) is 10.5 Å². The molecule has 2 aromatic carbocycles. The minimum atomic E-state index is -3.72. The molecule has 0 fully saturated rings. The molecule has 0 saturated carbocycles. The summed E-state index contributed by atoms with van der Waals surface area (Å²) in [5, 5.41) is 5.42. The normalized spacial score (nSPS) is 14.5. The molecule has 1 atom stereocenters. The smallest absolute Gasteiger partial charge is 0.234 e. The fraction of sp³-hybridized carbons (Fsp3) is 0.300. The maximum Gasteiger partial charge on any atom is 0.234 e. The van der Waals surface area contributed by atoms with Crippen molar-refractivity contribution < 1.29 is 22.7 Å². The molecule has 1 aliphatic heterocycles. The molecule has 7 nitrogen and oxygen atoms in total. The van der Waals surface area contributed by atoms with Crippen molar-refractivity contribution in [3.63, 3.8) is 0 Å². The monoisotopic (exact) mass is 434 g/mol. The van der Waals surface area contributed by atoms with Crippen molar-refractivity contribution in [2.24, 2.45) is 5.92 Å². The zero-order valence-electron chi connectivity index (χ0n) is 16.3. The molecule has 2 aromatic rings. The van der Waals surface area contributed by atoms with Gasteiger partial charge in [0.15, 0.2) is 9.84 Å². The van der Waals surface area contributed by atoms with Gasteiger partial charge in [-0.1, -0.05) is 13.0 Å². The minimum Gasteiger partial charge on any atom is -0.495 e. The van der Waals surface area contributed by atoms with Crippen LogP contribution in [-0.2, 0) is 19.4 Å². The van der Waals surface area contributed by atoms with Gasteiger partial charge in [-0.15, -0.1) is 11.8 Å². The van der Waals surface area contributed by atoms with E-state index in [2.05, 4.69) is 10.6 Å².